The quantitative estimate of drug-likeness (QED) is 0.602. The van der Waals surface area contributed by atoms with E-state index in [1.54, 1.807) is 11.1 Å². The minimum Gasteiger partial charge on any atom is -0.330 e. The highest BCUT2D eigenvalue weighted by Gasteiger charge is 2.26. The molecule has 2 rings (SSSR count). The van der Waals surface area contributed by atoms with Crippen LogP contribution >= 0.6 is 0 Å². The van der Waals surface area contributed by atoms with E-state index < -0.39 is 0 Å². The molecule has 0 spiro atoms. The Kier molecular flexibility index (Phi) is 7.29. The summed E-state index contributed by atoms with van der Waals surface area (Å²) in [5, 5.41) is 0. The van der Waals surface area contributed by atoms with Crippen molar-refractivity contribution in [2.75, 3.05) is 6.54 Å². The van der Waals surface area contributed by atoms with Crippen LogP contribution in [0.3, 0.4) is 0 Å². The first-order valence-corrected chi connectivity index (χ1v) is 9.14. The topological polar surface area (TPSA) is 26.0 Å². The number of unbranched alkanes of at least 4 members (excludes halogenated alkanes) is 3. The molecule has 0 heterocycles. The summed E-state index contributed by atoms with van der Waals surface area (Å²) in [5.41, 5.74) is 9.04. The van der Waals surface area contributed by atoms with Crippen molar-refractivity contribution < 1.29 is 0 Å². The smallest absolute Gasteiger partial charge is 0.00772 e. The van der Waals surface area contributed by atoms with Crippen LogP contribution in [-0.2, 0) is 6.42 Å². The molecule has 0 fully saturated rings. The number of hydrogen-bond acceptors (Lipinski definition) is 1. The molecule has 0 saturated carbocycles. The van der Waals surface area contributed by atoms with Gasteiger partial charge in [-0.25, -0.2) is 0 Å². The van der Waals surface area contributed by atoms with Crippen LogP contribution in [-0.4, -0.2) is 6.54 Å². The number of hydrogen-bond donors (Lipinski definition) is 1. The second kappa shape index (κ2) is 9.25. The molecule has 0 aliphatic heterocycles. The molecule has 21 heavy (non-hydrogen) atoms. The van der Waals surface area contributed by atoms with Crippen LogP contribution in [0.1, 0.15) is 81.8 Å². The van der Waals surface area contributed by atoms with Crippen molar-refractivity contribution in [3.63, 3.8) is 0 Å². The zero-order valence-electron chi connectivity index (χ0n) is 13.8. The van der Waals surface area contributed by atoms with Crippen LogP contribution in [0, 0.1) is 5.92 Å². The van der Waals surface area contributed by atoms with Crippen molar-refractivity contribution in [1.29, 1.82) is 0 Å². The summed E-state index contributed by atoms with van der Waals surface area (Å²) in [7, 11) is 0. The highest BCUT2D eigenvalue weighted by Crippen LogP contribution is 2.40. The van der Waals surface area contributed by atoms with Gasteiger partial charge in [-0.2, -0.15) is 0 Å². The van der Waals surface area contributed by atoms with E-state index in [0.717, 1.165) is 18.4 Å². The summed E-state index contributed by atoms with van der Waals surface area (Å²) in [6, 6.07) is 9.17. The molecule has 1 nitrogen and oxygen atoms in total. The van der Waals surface area contributed by atoms with Gasteiger partial charge in [0.15, 0.2) is 0 Å². The minimum atomic E-state index is 0.795. The SMILES string of the molecule is CCCCCCC(CCCN)C1CCCc2ccccc21. The van der Waals surface area contributed by atoms with E-state index in [-0.39, 0.29) is 0 Å². The molecular weight excluding hydrogens is 254 g/mol. The number of fused-ring (bicyclic) bond motifs is 1. The van der Waals surface area contributed by atoms with Crippen molar-refractivity contribution in [3.05, 3.63) is 35.4 Å². The number of benzene rings is 1. The summed E-state index contributed by atoms with van der Waals surface area (Å²) >= 11 is 0. The van der Waals surface area contributed by atoms with Crippen LogP contribution in [0.4, 0.5) is 0 Å². The van der Waals surface area contributed by atoms with E-state index in [9.17, 15) is 0 Å². The van der Waals surface area contributed by atoms with Gasteiger partial charge in [0.2, 0.25) is 0 Å². The van der Waals surface area contributed by atoms with E-state index in [1.165, 1.54) is 64.2 Å². The summed E-state index contributed by atoms with van der Waals surface area (Å²) in [4.78, 5) is 0. The predicted molar refractivity (Wildman–Crippen MR) is 92.7 cm³/mol. The first kappa shape index (κ1) is 16.5. The van der Waals surface area contributed by atoms with Crippen LogP contribution < -0.4 is 5.73 Å². The van der Waals surface area contributed by atoms with Gasteiger partial charge < -0.3 is 5.73 Å². The summed E-state index contributed by atoms with van der Waals surface area (Å²) < 4.78 is 0. The molecule has 0 bridgehead atoms. The molecule has 1 aromatic carbocycles. The van der Waals surface area contributed by atoms with Crippen LogP contribution in [0.5, 0.6) is 0 Å². The normalized spacial score (nSPS) is 19.2. The second-order valence-electron chi connectivity index (χ2n) is 6.74. The largest absolute Gasteiger partial charge is 0.330 e. The molecule has 118 valence electrons. The lowest BCUT2D eigenvalue weighted by Gasteiger charge is -2.33. The van der Waals surface area contributed by atoms with Gasteiger partial charge in [-0.05, 0) is 68.0 Å². The average molecular weight is 287 g/mol. The Morgan fingerprint density at radius 2 is 1.90 bits per heavy atom. The van der Waals surface area contributed by atoms with Gasteiger partial charge >= 0.3 is 0 Å². The molecule has 1 aliphatic rings. The van der Waals surface area contributed by atoms with E-state index in [1.807, 2.05) is 0 Å². The van der Waals surface area contributed by atoms with Crippen molar-refractivity contribution in [2.24, 2.45) is 11.7 Å². The summed E-state index contributed by atoms with van der Waals surface area (Å²) in [6.07, 6.45) is 13.5. The van der Waals surface area contributed by atoms with E-state index in [4.69, 9.17) is 5.73 Å². The molecular formula is C20H33N. The molecule has 0 amide bonds. The van der Waals surface area contributed by atoms with E-state index in [2.05, 4.69) is 31.2 Å². The monoisotopic (exact) mass is 287 g/mol. The van der Waals surface area contributed by atoms with Crippen LogP contribution in [0.15, 0.2) is 24.3 Å². The standard InChI is InChI=1S/C20H33N/c1-2-3-4-5-10-18(13-9-16-21)20-15-8-12-17-11-6-7-14-19(17)20/h6-7,11,14,18,20H,2-5,8-10,12-13,15-16,21H2,1H3. The lowest BCUT2D eigenvalue weighted by Crippen LogP contribution is -2.20. The molecule has 0 aromatic heterocycles. The fourth-order valence-corrected chi connectivity index (χ4v) is 4.04. The van der Waals surface area contributed by atoms with Gasteiger partial charge in [0.25, 0.3) is 0 Å². The first-order chi connectivity index (χ1) is 10.4. The lowest BCUT2D eigenvalue weighted by molar-refractivity contribution is 0.321. The molecule has 1 aromatic rings. The zero-order valence-corrected chi connectivity index (χ0v) is 13.8. The number of rotatable bonds is 9. The third-order valence-corrected chi connectivity index (χ3v) is 5.19. The maximum atomic E-state index is 5.78. The van der Waals surface area contributed by atoms with Gasteiger partial charge in [0.05, 0.1) is 0 Å². The Bertz CT molecular complexity index is 399. The van der Waals surface area contributed by atoms with Crippen molar-refractivity contribution >= 4 is 0 Å². The molecule has 0 radical (unpaired) electrons. The van der Waals surface area contributed by atoms with Crippen LogP contribution in [0.2, 0.25) is 0 Å². The number of nitrogens with two attached hydrogens (primary N) is 1. The Morgan fingerprint density at radius 1 is 1.10 bits per heavy atom. The second-order valence-corrected chi connectivity index (χ2v) is 6.74. The molecule has 2 atom stereocenters. The molecule has 2 N–H and O–H groups in total. The summed E-state index contributed by atoms with van der Waals surface area (Å²) in [6.45, 7) is 3.14. The van der Waals surface area contributed by atoms with Gasteiger partial charge in [-0.15, -0.1) is 0 Å². The fraction of sp³-hybridized carbons (Fsp3) is 0.700. The molecule has 0 saturated heterocycles. The Morgan fingerprint density at radius 3 is 2.71 bits per heavy atom. The Hall–Kier alpha value is -0.820. The lowest BCUT2D eigenvalue weighted by atomic mass is 9.72. The van der Waals surface area contributed by atoms with Gasteiger partial charge in [-0.1, -0.05) is 56.9 Å². The first-order valence-electron chi connectivity index (χ1n) is 9.14. The van der Waals surface area contributed by atoms with Gasteiger partial charge in [0.1, 0.15) is 0 Å². The highest BCUT2D eigenvalue weighted by atomic mass is 14.5. The van der Waals surface area contributed by atoms with Crippen molar-refractivity contribution in [3.8, 4) is 0 Å². The summed E-state index contributed by atoms with van der Waals surface area (Å²) in [5.74, 6) is 1.65. The van der Waals surface area contributed by atoms with Crippen LogP contribution in [0.25, 0.3) is 0 Å². The van der Waals surface area contributed by atoms with E-state index in [0.29, 0.717) is 0 Å². The van der Waals surface area contributed by atoms with Crippen molar-refractivity contribution in [1.82, 2.24) is 0 Å². The Labute approximate surface area is 131 Å². The molecule has 1 heteroatoms. The maximum Gasteiger partial charge on any atom is -0.00772 e. The van der Waals surface area contributed by atoms with E-state index >= 15 is 0 Å². The minimum absolute atomic E-state index is 0.795. The Balaban J connectivity index is 2.02. The molecule has 1 aliphatic carbocycles. The maximum absolute atomic E-state index is 5.78. The third-order valence-electron chi connectivity index (χ3n) is 5.19. The van der Waals surface area contributed by atoms with Crippen molar-refractivity contribution in [2.45, 2.75) is 77.0 Å². The number of aryl methyl sites for hydroxylation is 1. The highest BCUT2D eigenvalue weighted by molar-refractivity contribution is 5.33. The molecule has 2 unspecified atom stereocenters. The van der Waals surface area contributed by atoms with Gasteiger partial charge in [0, 0.05) is 0 Å². The third kappa shape index (κ3) is 4.85. The predicted octanol–water partition coefficient (Wildman–Crippen LogP) is 5.43. The van der Waals surface area contributed by atoms with Gasteiger partial charge in [-0.3, -0.25) is 0 Å². The average Bonchev–Trinajstić information content (AvgIpc) is 2.54. The fourth-order valence-electron chi connectivity index (χ4n) is 4.04. The zero-order chi connectivity index (χ0) is 14.9.